The molecule has 836 valence electrons. The molecule has 0 aliphatic carbocycles. The third kappa shape index (κ3) is 31.9. The largest absolute Gasteiger partial charge is 0.697 e. The Morgan fingerprint density at radius 3 is 0.847 bits per heavy atom. The highest BCUT2D eigenvalue weighted by molar-refractivity contribution is 8.14. The number of imidazole rings is 4. The normalized spacial score (nSPS) is 25.5. The number of carbonyl (C=O) groups excluding carboxylic acids is 6. The van der Waals surface area contributed by atoms with Crippen molar-refractivity contribution in [1.29, 1.82) is 0 Å². The molecule has 8 aromatic heterocycles. The predicted octanol–water partition coefficient (Wildman–Crippen LogP) is 7.29. The molecule has 150 heavy (non-hydrogen) atoms. The van der Waals surface area contributed by atoms with Crippen LogP contribution in [-0.2, 0) is 112 Å². The van der Waals surface area contributed by atoms with E-state index >= 15 is 0 Å². The first-order chi connectivity index (χ1) is 70.0. The second kappa shape index (κ2) is 54.1. The van der Waals surface area contributed by atoms with E-state index in [2.05, 4.69) is 70.0 Å². The van der Waals surface area contributed by atoms with Gasteiger partial charge >= 0.3 is 43.9 Å². The number of fused-ring (bicyclic) bond motifs is 4. The lowest BCUT2D eigenvalue weighted by Crippen LogP contribution is -2.40. The van der Waals surface area contributed by atoms with Crippen LogP contribution in [0.3, 0.4) is 0 Å². The van der Waals surface area contributed by atoms with E-state index in [0.717, 1.165) is 47.0 Å². The van der Waals surface area contributed by atoms with E-state index in [0.29, 0.717) is 44.7 Å². The summed E-state index contributed by atoms with van der Waals surface area (Å²) >= 11 is 30.4. The number of rotatable bonds is 48. The summed E-state index contributed by atoms with van der Waals surface area (Å²) in [6.07, 6.45) is -2.68. The number of aromatic nitrogens is 16. The van der Waals surface area contributed by atoms with Crippen molar-refractivity contribution in [2.24, 2.45) is 21.7 Å². The molecule has 4 saturated heterocycles. The minimum atomic E-state index is -4.24. The van der Waals surface area contributed by atoms with E-state index in [4.69, 9.17) is 134 Å². The van der Waals surface area contributed by atoms with Crippen LogP contribution in [-0.4, -0.2) is 346 Å². The fourth-order valence-corrected chi connectivity index (χ4v) is 22.9. The molecule has 12 rings (SSSR count). The summed E-state index contributed by atoms with van der Waals surface area (Å²) < 4.78 is 135. The summed E-state index contributed by atoms with van der Waals surface area (Å²) in [5.74, 6) is -0.00668. The SMILES string of the molecule is CC(C)(CO)C(=O)SCCO[P+](=O)OC[C@H]1O[C@@H](n2cnc3c(N)ncnc32)[C@](C)(Cl)[C@@H]1O.CC(C)(CO)C(=O)SCCO[P+](=O)OC[C@H]1O[C@@H](n2cnc3c(N)ncnc32)[C@](C)(Cl)[C@@H]1O.CC(C)OC(=O)[C@H](C)N[P@@](=O)(OCCSC(=O)C(C)(C)CO)OC[C@H]1O[C@@H](n2cnc3c(N)ncnc32)[C@](C)(Cl)[C@@H]1O.CC(C)OC(=O)[C@H](C)N[P@](=O)(OCCSC(=O)C(C)(C)CO)OC[C@H]1O[C@@H](n2cnc3c(N)ncnc32)[C@](C)(Cl)[C@@H]1O. The fraction of sp³-hybridized carbons (Fsp3) is 0.690. The molecule has 4 aliphatic rings. The number of anilines is 4. The zero-order valence-electron chi connectivity index (χ0n) is 84.9. The molecule has 2 unspecified atom stereocenters. The van der Waals surface area contributed by atoms with Gasteiger partial charge in [0.05, 0.1) is 112 Å². The van der Waals surface area contributed by atoms with Crippen molar-refractivity contribution >= 4 is 226 Å². The number of hydrogen-bond acceptors (Lipinski definition) is 52. The van der Waals surface area contributed by atoms with Gasteiger partial charge in [-0.3, -0.25) is 65.1 Å². The Balaban J connectivity index is 0.000000223. The number of aliphatic hydroxyl groups excluding tert-OH is 8. The number of hydrogen-bond donors (Lipinski definition) is 14. The van der Waals surface area contributed by atoms with Crippen LogP contribution in [0.2, 0.25) is 0 Å². The molecule has 54 nitrogen and oxygen atoms in total. The second-order valence-corrected chi connectivity index (χ2v) is 51.2. The molecular formula is C84H128Cl4N22O32P4S4+2. The molecule has 4 fully saturated rings. The van der Waals surface area contributed by atoms with Crippen LogP contribution < -0.4 is 33.1 Å². The quantitative estimate of drug-likeness (QED) is 0.00770. The zero-order chi connectivity index (χ0) is 112. The van der Waals surface area contributed by atoms with Crippen molar-refractivity contribution in [2.75, 3.05) is 125 Å². The highest BCUT2D eigenvalue weighted by atomic mass is 35.5. The number of aliphatic hydroxyl groups is 8. The fourth-order valence-electron chi connectivity index (χ4n) is 13.8. The van der Waals surface area contributed by atoms with Crippen LogP contribution in [0.25, 0.3) is 44.7 Å². The summed E-state index contributed by atoms with van der Waals surface area (Å²) in [6, 6.07) is -2.19. The van der Waals surface area contributed by atoms with E-state index in [-0.39, 0.29) is 133 Å². The summed E-state index contributed by atoms with van der Waals surface area (Å²) in [5.41, 5.74) is 22.6. The van der Waals surface area contributed by atoms with Gasteiger partial charge in [-0.15, -0.1) is 64.5 Å². The number of nitrogen functional groups attached to an aromatic ring is 4. The average molecular weight is 2350 g/mol. The van der Waals surface area contributed by atoms with Crippen molar-refractivity contribution in [2.45, 2.75) is 242 Å². The number of nitrogens with zero attached hydrogens (tertiary/aromatic N) is 16. The number of nitrogens with one attached hydrogen (secondary N) is 2. The first-order valence-electron chi connectivity index (χ1n) is 46.2. The van der Waals surface area contributed by atoms with Gasteiger partial charge in [0.2, 0.25) is 0 Å². The van der Waals surface area contributed by atoms with Gasteiger partial charge in [0, 0.05) is 32.1 Å². The van der Waals surface area contributed by atoms with Crippen molar-refractivity contribution in [1.82, 2.24) is 88.3 Å². The van der Waals surface area contributed by atoms with Crippen LogP contribution in [0, 0.1) is 21.7 Å². The molecule has 0 bridgehead atoms. The Kier molecular flexibility index (Phi) is 45.7. The van der Waals surface area contributed by atoms with E-state index in [9.17, 15) is 87.9 Å². The van der Waals surface area contributed by atoms with Gasteiger partial charge in [-0.1, -0.05) is 47.0 Å². The molecule has 0 saturated carbocycles. The van der Waals surface area contributed by atoms with Gasteiger partial charge in [-0.25, -0.2) is 79.1 Å². The number of carbonyl (C=O) groups is 6. The molecule has 12 heterocycles. The lowest BCUT2D eigenvalue weighted by molar-refractivity contribution is -0.150. The minimum Gasteiger partial charge on any atom is -0.462 e. The number of nitrogens with two attached hydrogens (primary N) is 4. The Labute approximate surface area is 900 Å². The molecule has 8 aromatic rings. The zero-order valence-corrected chi connectivity index (χ0v) is 94.8. The van der Waals surface area contributed by atoms with Gasteiger partial charge in [0.1, 0.15) is 154 Å². The van der Waals surface area contributed by atoms with Crippen molar-refractivity contribution < 1.29 is 152 Å². The van der Waals surface area contributed by atoms with E-state index in [1.54, 1.807) is 120 Å². The second-order valence-electron chi connectivity index (χ2n) is 38.2. The van der Waals surface area contributed by atoms with Crippen LogP contribution >= 0.6 is 125 Å². The van der Waals surface area contributed by atoms with Crippen molar-refractivity contribution in [3.05, 3.63) is 50.6 Å². The molecule has 18 N–H and O–H groups in total. The Bertz CT molecular complexity index is 5730. The average Bonchev–Trinajstić information content (AvgIpc) is 1.61. The standard InChI is InChI=1S/2C24H38ClN6O9PS.2C18H26ClN5O7PS/c2*1-13(2)39-20(34)14(3)30-41(36,37-7-8-42-22(35)23(4,5)10-32)38-9-15-17(33)24(6,25)21(40-15)31-12-29-16-18(26)27-11-28-19(16)31;2*1-17(2,7-25)16(27)33-5-4-29-32(28)30-6-10-12(26)18(3,19)15(31-10)24-9-23-11-13(20)21-8-22-14(11)24/h2*11-15,17,21,32-33H,7-10H2,1-6H3,(H,30,36)(H2,26,27,28);2*8-10,12,15,25-26H,4-7H2,1-3H3,(H2,20,21,22)/q;;2*+1/t14-,15+,17+,21+,24+,41+;14-,15+,17+,21+,24+,41-;2*10-,12-,15-,18-/m0011/s1. The molecule has 4 aliphatic heterocycles. The monoisotopic (exact) mass is 2350 g/mol. The van der Waals surface area contributed by atoms with Gasteiger partial charge in [-0.05, 0) is 125 Å². The Hall–Kier alpha value is -6.64. The minimum absolute atomic E-state index is 0.000798. The third-order valence-corrected chi connectivity index (χ3v) is 34.3. The topological polar surface area (TPSA) is 764 Å². The lowest BCUT2D eigenvalue weighted by Gasteiger charge is -2.26. The summed E-state index contributed by atoms with van der Waals surface area (Å²) in [4.78, 5) is 117. The van der Waals surface area contributed by atoms with Crippen LogP contribution in [0.1, 0.15) is 150 Å². The van der Waals surface area contributed by atoms with Gasteiger partial charge in [-0.2, -0.15) is 0 Å². The van der Waals surface area contributed by atoms with Crippen LogP contribution in [0.5, 0.6) is 0 Å². The smallest absolute Gasteiger partial charge is 0.462 e. The molecule has 0 amide bonds. The molecule has 66 heteroatoms. The Morgan fingerprint density at radius 1 is 0.393 bits per heavy atom. The van der Waals surface area contributed by atoms with Gasteiger partial charge in [0.15, 0.2) is 91.2 Å². The molecular weight excluding hydrogens is 2220 g/mol. The van der Waals surface area contributed by atoms with Gasteiger partial charge < -0.3 is 92.2 Å². The number of halogens is 4. The predicted molar refractivity (Wildman–Crippen MR) is 555 cm³/mol. The van der Waals surface area contributed by atoms with E-state index in [1.165, 1.54) is 73.6 Å². The summed E-state index contributed by atoms with van der Waals surface area (Å²) in [5, 5.41) is 84.7. The molecule has 0 aromatic carbocycles. The van der Waals surface area contributed by atoms with E-state index < -0.39 is 196 Å². The molecule has 0 spiro atoms. The molecule has 22 atom stereocenters. The number of ether oxygens (including phenoxy) is 6. The number of esters is 2. The number of thioether (sulfide) groups is 4. The van der Waals surface area contributed by atoms with Crippen molar-refractivity contribution in [3.8, 4) is 0 Å². The first-order valence-corrected chi connectivity index (χ1v) is 56.9. The molecule has 0 radical (unpaired) electrons. The lowest BCUT2D eigenvalue weighted by atomic mass is 9.97. The van der Waals surface area contributed by atoms with Crippen LogP contribution in [0.15, 0.2) is 50.6 Å². The van der Waals surface area contributed by atoms with Crippen molar-refractivity contribution in [3.63, 3.8) is 0 Å². The highest BCUT2D eigenvalue weighted by Gasteiger charge is 2.59. The maximum absolute atomic E-state index is 13.7. The Morgan fingerprint density at radius 2 is 0.620 bits per heavy atom. The number of alkyl halides is 4. The van der Waals surface area contributed by atoms with Crippen LogP contribution in [0.4, 0.5) is 23.3 Å². The third-order valence-electron chi connectivity index (χ3n) is 23.0. The maximum Gasteiger partial charge on any atom is 0.697 e. The van der Waals surface area contributed by atoms with E-state index in [1.807, 2.05) is 0 Å². The summed E-state index contributed by atoms with van der Waals surface area (Å²) in [7, 11) is -13.5. The first kappa shape index (κ1) is 127. The highest BCUT2D eigenvalue weighted by Crippen LogP contribution is 2.53. The summed E-state index contributed by atoms with van der Waals surface area (Å²) in [6.45, 7) is 25.7. The maximum atomic E-state index is 13.7. The van der Waals surface area contributed by atoms with Gasteiger partial charge in [0.25, 0.3) is 0 Å².